The molecule has 1 rings (SSSR count). The molecule has 0 aromatic heterocycles. The third-order valence-corrected chi connectivity index (χ3v) is 2.05. The second-order valence-electron chi connectivity index (χ2n) is 3.30. The zero-order valence-electron chi connectivity index (χ0n) is 10.3. The summed E-state index contributed by atoms with van der Waals surface area (Å²) >= 11 is 0. The highest BCUT2D eigenvalue weighted by molar-refractivity contribution is 6.27. The maximum atomic E-state index is 9.10. The Morgan fingerprint density at radius 1 is 1.22 bits per heavy atom. The third kappa shape index (κ3) is 6.62. The standard InChI is InChI=1S/C10H15NO.C2H2O4/c1-3-10(11-12-2)9-7-5-4-6-8-9;3-1(4)2(5)6/h4-8,10-11H,3H2,1-2H3;(H,3,4)(H,5,6). The van der Waals surface area contributed by atoms with Crippen LogP contribution < -0.4 is 5.48 Å². The zero-order valence-corrected chi connectivity index (χ0v) is 10.3. The van der Waals surface area contributed by atoms with Gasteiger partial charge in [-0.3, -0.25) is 0 Å². The minimum Gasteiger partial charge on any atom is -0.473 e. The Morgan fingerprint density at radius 3 is 2.06 bits per heavy atom. The van der Waals surface area contributed by atoms with Crippen LogP contribution in [0.1, 0.15) is 24.9 Å². The highest BCUT2D eigenvalue weighted by Gasteiger charge is 2.06. The van der Waals surface area contributed by atoms with Crippen LogP contribution in [0.15, 0.2) is 30.3 Å². The molecule has 1 aromatic carbocycles. The van der Waals surface area contributed by atoms with Crippen LogP contribution in [0.3, 0.4) is 0 Å². The average Bonchev–Trinajstić information content (AvgIpc) is 2.37. The minimum absolute atomic E-state index is 0.302. The van der Waals surface area contributed by atoms with Gasteiger partial charge in [0.2, 0.25) is 0 Å². The van der Waals surface area contributed by atoms with E-state index in [1.165, 1.54) is 5.56 Å². The number of hydrogen-bond donors (Lipinski definition) is 3. The van der Waals surface area contributed by atoms with Crippen molar-refractivity contribution >= 4 is 11.9 Å². The lowest BCUT2D eigenvalue weighted by atomic mass is 10.1. The van der Waals surface area contributed by atoms with E-state index < -0.39 is 11.9 Å². The number of carboxylic acids is 2. The molecule has 0 bridgehead atoms. The number of rotatable bonds is 4. The van der Waals surface area contributed by atoms with Crippen LogP contribution in [-0.4, -0.2) is 29.3 Å². The van der Waals surface area contributed by atoms with Crippen LogP contribution >= 0.6 is 0 Å². The second kappa shape index (κ2) is 9.15. The molecule has 0 radical (unpaired) electrons. The zero-order chi connectivity index (χ0) is 14.0. The van der Waals surface area contributed by atoms with Gasteiger partial charge in [-0.2, -0.15) is 5.48 Å². The van der Waals surface area contributed by atoms with Crippen molar-refractivity contribution in [2.45, 2.75) is 19.4 Å². The summed E-state index contributed by atoms with van der Waals surface area (Å²) in [6.07, 6.45) is 1.03. The predicted octanol–water partition coefficient (Wildman–Crippen LogP) is 1.44. The highest BCUT2D eigenvalue weighted by atomic mass is 16.6. The summed E-state index contributed by atoms with van der Waals surface area (Å²) in [7, 11) is 1.64. The third-order valence-electron chi connectivity index (χ3n) is 2.05. The van der Waals surface area contributed by atoms with Gasteiger partial charge >= 0.3 is 11.9 Å². The SMILES string of the molecule is CCC(NOC)c1ccccc1.O=C(O)C(=O)O. The van der Waals surface area contributed by atoms with Gasteiger partial charge in [0.1, 0.15) is 0 Å². The van der Waals surface area contributed by atoms with Gasteiger partial charge in [-0.25, -0.2) is 9.59 Å². The fourth-order valence-corrected chi connectivity index (χ4v) is 1.21. The maximum Gasteiger partial charge on any atom is 0.414 e. The first-order chi connectivity index (χ1) is 8.52. The smallest absolute Gasteiger partial charge is 0.414 e. The first-order valence-electron chi connectivity index (χ1n) is 5.32. The Bertz CT molecular complexity index is 354. The summed E-state index contributed by atoms with van der Waals surface area (Å²) in [5, 5.41) is 14.8. The predicted molar refractivity (Wildman–Crippen MR) is 64.9 cm³/mol. The first kappa shape index (κ1) is 16.1. The van der Waals surface area contributed by atoms with Gasteiger partial charge < -0.3 is 15.1 Å². The van der Waals surface area contributed by atoms with E-state index in [1.54, 1.807) is 7.11 Å². The van der Waals surface area contributed by atoms with E-state index >= 15 is 0 Å². The number of nitrogens with one attached hydrogen (secondary N) is 1. The molecule has 0 heterocycles. The molecule has 0 amide bonds. The fraction of sp³-hybridized carbons (Fsp3) is 0.333. The largest absolute Gasteiger partial charge is 0.473 e. The van der Waals surface area contributed by atoms with E-state index in [0.717, 1.165) is 6.42 Å². The fourth-order valence-electron chi connectivity index (χ4n) is 1.21. The van der Waals surface area contributed by atoms with E-state index in [-0.39, 0.29) is 0 Å². The van der Waals surface area contributed by atoms with Crippen LogP contribution in [0, 0.1) is 0 Å². The Labute approximate surface area is 105 Å². The molecule has 1 atom stereocenters. The Balaban J connectivity index is 0.000000411. The monoisotopic (exact) mass is 255 g/mol. The summed E-state index contributed by atoms with van der Waals surface area (Å²) in [6.45, 7) is 2.13. The Morgan fingerprint density at radius 2 is 1.72 bits per heavy atom. The highest BCUT2D eigenvalue weighted by Crippen LogP contribution is 2.14. The number of hydroxylamine groups is 1. The summed E-state index contributed by atoms with van der Waals surface area (Å²) in [4.78, 5) is 23.1. The van der Waals surface area contributed by atoms with Crippen molar-refractivity contribution in [3.05, 3.63) is 35.9 Å². The van der Waals surface area contributed by atoms with Crippen molar-refractivity contribution in [3.63, 3.8) is 0 Å². The van der Waals surface area contributed by atoms with Crippen LogP contribution in [-0.2, 0) is 14.4 Å². The van der Waals surface area contributed by atoms with Crippen molar-refractivity contribution in [2.75, 3.05) is 7.11 Å². The number of hydrogen-bond acceptors (Lipinski definition) is 4. The molecule has 1 aromatic rings. The van der Waals surface area contributed by atoms with Gasteiger partial charge in [-0.05, 0) is 12.0 Å². The lowest BCUT2D eigenvalue weighted by Crippen LogP contribution is -2.18. The molecule has 0 spiro atoms. The molecule has 0 aliphatic rings. The summed E-state index contributed by atoms with van der Waals surface area (Å²) in [6, 6.07) is 10.6. The van der Waals surface area contributed by atoms with E-state index in [1.807, 2.05) is 18.2 Å². The van der Waals surface area contributed by atoms with Gasteiger partial charge in [-0.15, -0.1) is 0 Å². The normalized spacial score (nSPS) is 11.0. The van der Waals surface area contributed by atoms with Crippen molar-refractivity contribution < 1.29 is 24.6 Å². The van der Waals surface area contributed by atoms with Crippen LogP contribution in [0.25, 0.3) is 0 Å². The maximum absolute atomic E-state index is 9.10. The minimum atomic E-state index is -1.82. The van der Waals surface area contributed by atoms with Crippen molar-refractivity contribution in [3.8, 4) is 0 Å². The Hall–Kier alpha value is -1.92. The van der Waals surface area contributed by atoms with Crippen LogP contribution in [0.5, 0.6) is 0 Å². The number of carbonyl (C=O) groups is 2. The van der Waals surface area contributed by atoms with Crippen molar-refractivity contribution in [2.24, 2.45) is 0 Å². The van der Waals surface area contributed by atoms with Crippen molar-refractivity contribution in [1.29, 1.82) is 0 Å². The molecule has 0 aliphatic heterocycles. The lowest BCUT2D eigenvalue weighted by molar-refractivity contribution is -0.159. The number of carboxylic acid groups (broad SMARTS) is 2. The van der Waals surface area contributed by atoms with Gasteiger partial charge in [0.15, 0.2) is 0 Å². The summed E-state index contributed by atoms with van der Waals surface area (Å²) < 4.78 is 0. The van der Waals surface area contributed by atoms with Gasteiger partial charge in [0.25, 0.3) is 0 Å². The van der Waals surface area contributed by atoms with Gasteiger partial charge in [0, 0.05) is 0 Å². The molecule has 18 heavy (non-hydrogen) atoms. The van der Waals surface area contributed by atoms with E-state index in [0.29, 0.717) is 6.04 Å². The lowest BCUT2D eigenvalue weighted by Gasteiger charge is -2.14. The molecule has 0 fully saturated rings. The topological polar surface area (TPSA) is 95.9 Å². The molecule has 100 valence electrons. The number of aliphatic carboxylic acids is 2. The summed E-state index contributed by atoms with van der Waals surface area (Å²) in [5.74, 6) is -3.65. The van der Waals surface area contributed by atoms with Gasteiger partial charge in [0.05, 0.1) is 13.2 Å². The van der Waals surface area contributed by atoms with Crippen molar-refractivity contribution in [1.82, 2.24) is 5.48 Å². The molecule has 0 aliphatic carbocycles. The molecular weight excluding hydrogens is 238 g/mol. The summed E-state index contributed by atoms with van der Waals surface area (Å²) in [5.41, 5.74) is 4.21. The van der Waals surface area contributed by atoms with E-state index in [4.69, 9.17) is 24.6 Å². The second-order valence-corrected chi connectivity index (χ2v) is 3.30. The van der Waals surface area contributed by atoms with Gasteiger partial charge in [-0.1, -0.05) is 37.3 Å². The quantitative estimate of drug-likeness (QED) is 0.556. The first-order valence-corrected chi connectivity index (χ1v) is 5.32. The molecule has 6 nitrogen and oxygen atoms in total. The van der Waals surface area contributed by atoms with E-state index in [9.17, 15) is 0 Å². The Kier molecular flexibility index (Phi) is 8.17. The van der Waals surface area contributed by atoms with Crippen LogP contribution in [0.2, 0.25) is 0 Å². The number of benzene rings is 1. The molecule has 0 saturated heterocycles. The van der Waals surface area contributed by atoms with E-state index in [2.05, 4.69) is 24.5 Å². The molecule has 0 saturated carbocycles. The molecular formula is C12H17NO5. The molecule has 1 unspecified atom stereocenters. The van der Waals surface area contributed by atoms with Crippen LogP contribution in [0.4, 0.5) is 0 Å². The molecule has 3 N–H and O–H groups in total. The average molecular weight is 255 g/mol. The molecule has 6 heteroatoms.